The van der Waals surface area contributed by atoms with Crippen molar-refractivity contribution in [2.75, 3.05) is 13.4 Å². The highest BCUT2D eigenvalue weighted by molar-refractivity contribution is 7.98. The van der Waals surface area contributed by atoms with Gasteiger partial charge in [0, 0.05) is 6.20 Å². The molecule has 0 saturated carbocycles. The minimum Gasteiger partial charge on any atom is -0.480 e. The number of aromatic nitrogens is 2. The highest BCUT2D eigenvalue weighted by atomic mass is 32.2. The van der Waals surface area contributed by atoms with Gasteiger partial charge in [0.05, 0.1) is 7.11 Å². The van der Waals surface area contributed by atoms with E-state index in [0.29, 0.717) is 5.16 Å². The molecule has 0 fully saturated rings. The van der Waals surface area contributed by atoms with E-state index in [0.717, 1.165) is 0 Å². The molecule has 0 unspecified atom stereocenters. The van der Waals surface area contributed by atoms with Gasteiger partial charge < -0.3 is 9.84 Å². The monoisotopic (exact) mass is 200 g/mol. The maximum Gasteiger partial charge on any atom is 0.342 e. The van der Waals surface area contributed by atoms with Crippen LogP contribution in [-0.4, -0.2) is 34.4 Å². The third-order valence-corrected chi connectivity index (χ3v) is 1.90. The van der Waals surface area contributed by atoms with Crippen molar-refractivity contribution in [2.45, 2.75) is 5.16 Å². The van der Waals surface area contributed by atoms with E-state index in [1.807, 2.05) is 0 Å². The van der Waals surface area contributed by atoms with Gasteiger partial charge in [-0.1, -0.05) is 11.8 Å². The molecule has 1 heterocycles. The molecule has 0 aromatic carbocycles. The summed E-state index contributed by atoms with van der Waals surface area (Å²) in [6, 6.07) is 0. The Hall–Kier alpha value is -1.30. The van der Waals surface area contributed by atoms with Gasteiger partial charge in [-0.3, -0.25) is 0 Å². The van der Waals surface area contributed by atoms with Crippen LogP contribution >= 0.6 is 11.8 Å². The van der Waals surface area contributed by atoms with E-state index in [1.54, 1.807) is 6.26 Å². The van der Waals surface area contributed by atoms with Crippen LogP contribution in [0.15, 0.2) is 11.4 Å². The summed E-state index contributed by atoms with van der Waals surface area (Å²) in [7, 11) is 1.37. The summed E-state index contributed by atoms with van der Waals surface area (Å²) in [4.78, 5) is 18.3. The molecule has 1 N–H and O–H groups in total. The topological polar surface area (TPSA) is 72.3 Å². The number of hydrogen-bond donors (Lipinski definition) is 1. The molecule has 0 spiro atoms. The van der Waals surface area contributed by atoms with Crippen LogP contribution < -0.4 is 4.74 Å². The van der Waals surface area contributed by atoms with E-state index in [9.17, 15) is 4.79 Å². The van der Waals surface area contributed by atoms with Gasteiger partial charge in [0.25, 0.3) is 0 Å². The first kappa shape index (κ1) is 9.79. The number of hydrogen-bond acceptors (Lipinski definition) is 5. The molecule has 1 rings (SSSR count). The fourth-order valence-corrected chi connectivity index (χ4v) is 1.08. The Kier molecular flexibility index (Phi) is 3.07. The zero-order valence-corrected chi connectivity index (χ0v) is 7.96. The number of carbonyl (C=O) groups is 1. The third-order valence-electron chi connectivity index (χ3n) is 1.34. The van der Waals surface area contributed by atoms with Crippen LogP contribution in [0.5, 0.6) is 5.88 Å². The van der Waals surface area contributed by atoms with Gasteiger partial charge in [0.15, 0.2) is 5.16 Å². The van der Waals surface area contributed by atoms with Crippen molar-refractivity contribution in [3.05, 3.63) is 11.8 Å². The van der Waals surface area contributed by atoms with Crippen molar-refractivity contribution in [1.29, 1.82) is 0 Å². The van der Waals surface area contributed by atoms with Crippen molar-refractivity contribution < 1.29 is 14.6 Å². The van der Waals surface area contributed by atoms with Crippen LogP contribution in [0.2, 0.25) is 0 Å². The number of nitrogens with zero attached hydrogens (tertiary/aromatic N) is 2. The number of aromatic carboxylic acids is 1. The summed E-state index contributed by atoms with van der Waals surface area (Å²) < 4.78 is 4.80. The van der Waals surface area contributed by atoms with Crippen LogP contribution in [0, 0.1) is 0 Å². The number of rotatable bonds is 3. The summed E-state index contributed by atoms with van der Waals surface area (Å²) >= 11 is 1.32. The molecule has 0 aliphatic rings. The summed E-state index contributed by atoms with van der Waals surface area (Å²) in [5.41, 5.74) is -0.0275. The number of thioether (sulfide) groups is 1. The fraction of sp³-hybridized carbons (Fsp3) is 0.286. The van der Waals surface area contributed by atoms with Gasteiger partial charge in [-0.2, -0.15) is 4.98 Å². The van der Waals surface area contributed by atoms with Gasteiger partial charge in [-0.05, 0) is 6.26 Å². The van der Waals surface area contributed by atoms with Crippen molar-refractivity contribution in [2.24, 2.45) is 0 Å². The van der Waals surface area contributed by atoms with Crippen LogP contribution in [0.3, 0.4) is 0 Å². The molecule has 0 atom stereocenters. The first-order valence-corrected chi connectivity index (χ1v) is 4.59. The van der Waals surface area contributed by atoms with Crippen molar-refractivity contribution in [3.63, 3.8) is 0 Å². The lowest BCUT2D eigenvalue weighted by Gasteiger charge is -2.03. The van der Waals surface area contributed by atoms with Gasteiger partial charge in [0.1, 0.15) is 5.56 Å². The second kappa shape index (κ2) is 4.08. The molecule has 6 heteroatoms. The second-order valence-electron chi connectivity index (χ2n) is 2.08. The lowest BCUT2D eigenvalue weighted by atomic mass is 10.3. The number of methoxy groups -OCH3 is 1. The molecule has 0 aliphatic carbocycles. The Labute approximate surface area is 79.2 Å². The SMILES string of the molecule is COc1nc(SC)ncc1C(=O)O. The van der Waals surface area contributed by atoms with Gasteiger partial charge >= 0.3 is 5.97 Å². The zero-order chi connectivity index (χ0) is 9.84. The average Bonchev–Trinajstić information content (AvgIpc) is 2.16. The molecule has 0 bridgehead atoms. The van der Waals surface area contributed by atoms with Crippen LogP contribution in [0.25, 0.3) is 0 Å². The molecular weight excluding hydrogens is 192 g/mol. The molecule has 0 amide bonds. The van der Waals surface area contributed by atoms with Crippen LogP contribution in [0.1, 0.15) is 10.4 Å². The Morgan fingerprint density at radius 1 is 1.69 bits per heavy atom. The lowest BCUT2D eigenvalue weighted by molar-refractivity contribution is 0.0691. The standard InChI is InChI=1S/C7H8N2O3S/c1-12-5-4(6(10)11)3-8-7(9-5)13-2/h3H,1-2H3,(H,10,11). The number of carboxylic acids is 1. The van der Waals surface area contributed by atoms with E-state index >= 15 is 0 Å². The van der Waals surface area contributed by atoms with E-state index in [2.05, 4.69) is 9.97 Å². The van der Waals surface area contributed by atoms with E-state index in [-0.39, 0.29) is 11.4 Å². The molecule has 0 aliphatic heterocycles. The minimum atomic E-state index is -1.09. The highest BCUT2D eigenvalue weighted by Crippen LogP contribution is 2.17. The largest absolute Gasteiger partial charge is 0.480 e. The average molecular weight is 200 g/mol. The summed E-state index contributed by atoms with van der Waals surface area (Å²) in [5, 5.41) is 9.18. The Bertz CT molecular complexity index is 330. The Morgan fingerprint density at radius 3 is 2.85 bits per heavy atom. The predicted octanol–water partition coefficient (Wildman–Crippen LogP) is 0.905. The molecule has 0 radical (unpaired) electrons. The molecule has 1 aromatic rings. The van der Waals surface area contributed by atoms with Gasteiger partial charge in [-0.25, -0.2) is 9.78 Å². The van der Waals surface area contributed by atoms with E-state index < -0.39 is 5.97 Å². The Morgan fingerprint density at radius 2 is 2.38 bits per heavy atom. The second-order valence-corrected chi connectivity index (χ2v) is 2.86. The summed E-state index contributed by atoms with van der Waals surface area (Å²) in [6.45, 7) is 0. The maximum absolute atomic E-state index is 10.6. The first-order valence-electron chi connectivity index (χ1n) is 3.37. The maximum atomic E-state index is 10.6. The third kappa shape index (κ3) is 2.09. The quantitative estimate of drug-likeness (QED) is 0.577. The normalized spacial score (nSPS) is 9.69. The zero-order valence-electron chi connectivity index (χ0n) is 7.14. The highest BCUT2D eigenvalue weighted by Gasteiger charge is 2.13. The first-order chi connectivity index (χ1) is 6.19. The van der Waals surface area contributed by atoms with Crippen molar-refractivity contribution in [1.82, 2.24) is 9.97 Å². The predicted molar refractivity (Wildman–Crippen MR) is 47.3 cm³/mol. The molecular formula is C7H8N2O3S. The van der Waals surface area contributed by atoms with Crippen molar-refractivity contribution >= 4 is 17.7 Å². The van der Waals surface area contributed by atoms with Gasteiger partial charge in [0.2, 0.25) is 5.88 Å². The van der Waals surface area contributed by atoms with E-state index in [4.69, 9.17) is 9.84 Å². The minimum absolute atomic E-state index is 0.0275. The number of carboxylic acid groups (broad SMARTS) is 1. The smallest absolute Gasteiger partial charge is 0.342 e. The fourth-order valence-electron chi connectivity index (χ4n) is 0.752. The van der Waals surface area contributed by atoms with Crippen LogP contribution in [-0.2, 0) is 0 Å². The number of ether oxygens (including phenoxy) is 1. The molecule has 1 aromatic heterocycles. The summed E-state index contributed by atoms with van der Waals surface area (Å²) in [5.74, 6) is -1.00. The van der Waals surface area contributed by atoms with Crippen molar-refractivity contribution in [3.8, 4) is 5.88 Å². The van der Waals surface area contributed by atoms with Gasteiger partial charge in [-0.15, -0.1) is 0 Å². The Balaban J connectivity index is 3.15. The molecule has 13 heavy (non-hydrogen) atoms. The lowest BCUT2D eigenvalue weighted by Crippen LogP contribution is -2.04. The molecule has 0 saturated heterocycles. The van der Waals surface area contributed by atoms with Crippen LogP contribution in [0.4, 0.5) is 0 Å². The van der Waals surface area contributed by atoms with E-state index in [1.165, 1.54) is 25.1 Å². The molecule has 5 nitrogen and oxygen atoms in total. The molecule has 70 valence electrons. The summed E-state index contributed by atoms with van der Waals surface area (Å²) in [6.07, 6.45) is 3.04.